The van der Waals surface area contributed by atoms with Crippen molar-refractivity contribution in [1.82, 2.24) is 14.9 Å². The average molecular weight is 368 g/mol. The molecule has 1 aliphatic heterocycles. The van der Waals surface area contributed by atoms with Gasteiger partial charge >= 0.3 is 0 Å². The van der Waals surface area contributed by atoms with Gasteiger partial charge in [0.15, 0.2) is 0 Å². The molecule has 0 bridgehead atoms. The molecule has 0 saturated carbocycles. The lowest BCUT2D eigenvalue weighted by Gasteiger charge is -2.24. The molecular formula is C21H28N4O2. The van der Waals surface area contributed by atoms with Crippen molar-refractivity contribution in [2.24, 2.45) is 5.92 Å². The van der Waals surface area contributed by atoms with E-state index in [1.54, 1.807) is 24.4 Å². The van der Waals surface area contributed by atoms with E-state index >= 15 is 0 Å². The summed E-state index contributed by atoms with van der Waals surface area (Å²) in [5.41, 5.74) is 1.70. The summed E-state index contributed by atoms with van der Waals surface area (Å²) in [4.78, 5) is 38.0. The molecule has 0 radical (unpaired) electrons. The Morgan fingerprint density at radius 2 is 1.89 bits per heavy atom. The topological polar surface area (TPSA) is 66.4 Å². The summed E-state index contributed by atoms with van der Waals surface area (Å²) in [5, 5.41) is 0. The predicted molar refractivity (Wildman–Crippen MR) is 107 cm³/mol. The van der Waals surface area contributed by atoms with E-state index in [9.17, 15) is 9.59 Å². The highest BCUT2D eigenvalue weighted by Crippen LogP contribution is 2.18. The smallest absolute Gasteiger partial charge is 0.225 e. The fraction of sp³-hybridized carbons (Fsp3) is 0.429. The van der Waals surface area contributed by atoms with Crippen molar-refractivity contribution < 1.29 is 11.0 Å². The molecule has 1 saturated heterocycles. The largest absolute Gasteiger partial charge is 0.355 e. The van der Waals surface area contributed by atoms with Crippen molar-refractivity contribution in [2.45, 2.75) is 27.2 Å². The van der Waals surface area contributed by atoms with E-state index < -0.39 is 0 Å². The Kier molecular flexibility index (Phi) is 5.84. The number of hydrogen-bond donors (Lipinski definition) is 0. The Morgan fingerprint density at radius 1 is 1.07 bits per heavy atom. The van der Waals surface area contributed by atoms with Crippen LogP contribution in [0.5, 0.6) is 0 Å². The zero-order valence-electron chi connectivity index (χ0n) is 16.2. The molecule has 6 heteroatoms. The second kappa shape index (κ2) is 8.29. The molecule has 6 nitrogen and oxygen atoms in total. The van der Waals surface area contributed by atoms with Gasteiger partial charge in [0.25, 0.3) is 0 Å². The predicted octanol–water partition coefficient (Wildman–Crippen LogP) is 2.96. The van der Waals surface area contributed by atoms with E-state index in [0.29, 0.717) is 23.5 Å². The molecule has 2 aromatic rings. The van der Waals surface area contributed by atoms with Gasteiger partial charge in [0.2, 0.25) is 11.7 Å². The zero-order valence-corrected chi connectivity index (χ0v) is 16.2. The van der Waals surface area contributed by atoms with Gasteiger partial charge in [0.05, 0.1) is 0 Å². The third kappa shape index (κ3) is 4.32. The van der Waals surface area contributed by atoms with Gasteiger partial charge in [-0.2, -0.15) is 0 Å². The summed E-state index contributed by atoms with van der Waals surface area (Å²) in [6.45, 7) is 8.67. The summed E-state index contributed by atoms with van der Waals surface area (Å²) < 4.78 is 0. The van der Waals surface area contributed by atoms with Crippen LogP contribution in [-0.4, -0.2) is 52.7 Å². The zero-order chi connectivity index (χ0) is 19.4. The number of aromatic nitrogens is 2. The van der Waals surface area contributed by atoms with Crippen LogP contribution in [0.4, 0.5) is 5.82 Å². The molecule has 0 aromatic carbocycles. The molecule has 2 aromatic heterocycles. The monoisotopic (exact) mass is 368 g/mol. The van der Waals surface area contributed by atoms with Crippen LogP contribution in [0.3, 0.4) is 0 Å². The number of carbonyl (C=O) groups is 2. The fourth-order valence-electron chi connectivity index (χ4n) is 3.32. The van der Waals surface area contributed by atoms with Crippen molar-refractivity contribution in [3.63, 3.8) is 0 Å². The lowest BCUT2D eigenvalue weighted by molar-refractivity contribution is -0.134. The third-order valence-electron chi connectivity index (χ3n) is 4.84. The van der Waals surface area contributed by atoms with Crippen LogP contribution in [0.15, 0.2) is 36.5 Å². The van der Waals surface area contributed by atoms with Gasteiger partial charge in [0, 0.05) is 51.0 Å². The number of anilines is 1. The quantitative estimate of drug-likeness (QED) is 0.776. The van der Waals surface area contributed by atoms with E-state index in [0.717, 1.165) is 31.9 Å². The molecule has 0 atom stereocenters. The lowest BCUT2D eigenvalue weighted by Crippen LogP contribution is -2.37. The Labute approximate surface area is 161 Å². The number of carbonyl (C=O) groups excluding carboxylic acids is 2. The maximum Gasteiger partial charge on any atom is 0.225 e. The van der Waals surface area contributed by atoms with E-state index in [1.165, 1.54) is 0 Å². The molecule has 1 fully saturated rings. The maximum absolute atomic E-state index is 12.8. The van der Waals surface area contributed by atoms with Gasteiger partial charge in [-0.15, -0.1) is 0 Å². The Morgan fingerprint density at radius 3 is 2.63 bits per heavy atom. The van der Waals surface area contributed by atoms with Crippen molar-refractivity contribution in [3.05, 3.63) is 53.5 Å². The first kappa shape index (κ1) is 19.0. The normalized spacial score (nSPS) is 15.0. The molecule has 3 rings (SSSR count). The Bertz CT molecular complexity index is 841. The van der Waals surface area contributed by atoms with Crippen molar-refractivity contribution in [1.29, 1.82) is 0 Å². The van der Waals surface area contributed by atoms with Crippen LogP contribution in [0.2, 0.25) is 0 Å². The number of amides is 1. The van der Waals surface area contributed by atoms with Crippen LogP contribution in [0, 0.1) is 12.8 Å². The minimum atomic E-state index is -0.117. The number of nitrogens with zero attached hydrogens (tertiary/aromatic N) is 4. The molecule has 0 unspecified atom stereocenters. The van der Waals surface area contributed by atoms with Gasteiger partial charge in [-0.1, -0.05) is 19.9 Å². The van der Waals surface area contributed by atoms with Crippen molar-refractivity contribution in [2.75, 3.05) is 31.1 Å². The summed E-state index contributed by atoms with van der Waals surface area (Å²) in [7, 11) is 0. The van der Waals surface area contributed by atoms with Crippen molar-refractivity contribution in [3.8, 4) is 0 Å². The first-order valence-corrected chi connectivity index (χ1v) is 9.44. The van der Waals surface area contributed by atoms with Crippen LogP contribution in [0.25, 0.3) is 0 Å². The van der Waals surface area contributed by atoms with Gasteiger partial charge in [0.1, 0.15) is 11.5 Å². The lowest BCUT2D eigenvalue weighted by atomic mass is 10.1. The second-order valence-corrected chi connectivity index (χ2v) is 7.17. The van der Waals surface area contributed by atoms with Crippen LogP contribution >= 0.6 is 0 Å². The van der Waals surface area contributed by atoms with Gasteiger partial charge < -0.3 is 9.80 Å². The number of aryl methyl sites for hydroxylation is 1. The minimum absolute atomic E-state index is 0. The molecule has 0 spiro atoms. The SMILES string of the molecule is Cc1ncccc1C(=O)c1cccc(N2CCCN(C(=O)C(C)C)CC2)n1.[HH]. The van der Waals surface area contributed by atoms with Crippen LogP contribution in [0.1, 0.15) is 43.4 Å². The molecule has 0 aliphatic carbocycles. The highest BCUT2D eigenvalue weighted by Gasteiger charge is 2.22. The van der Waals surface area contributed by atoms with Gasteiger partial charge in [-0.3, -0.25) is 14.6 Å². The molecule has 1 aliphatic rings. The van der Waals surface area contributed by atoms with E-state index in [4.69, 9.17) is 0 Å². The number of rotatable bonds is 4. The second-order valence-electron chi connectivity index (χ2n) is 7.17. The van der Waals surface area contributed by atoms with Gasteiger partial charge in [-0.05, 0) is 37.6 Å². The summed E-state index contributed by atoms with van der Waals surface area (Å²) >= 11 is 0. The number of hydrogen-bond acceptors (Lipinski definition) is 5. The standard InChI is InChI=1S/C21H26N4O2.H2/c1-15(2)21(27)25-12-6-11-24(13-14-25)19-9-4-8-18(23-19)20(26)17-7-5-10-22-16(17)3;/h4-5,7-10,15H,6,11-14H2,1-3H3;1H. The van der Waals surface area contributed by atoms with Crippen molar-refractivity contribution >= 4 is 17.5 Å². The fourth-order valence-corrected chi connectivity index (χ4v) is 3.32. The molecule has 1 amide bonds. The first-order valence-electron chi connectivity index (χ1n) is 9.44. The van der Waals surface area contributed by atoms with E-state index in [1.807, 2.05) is 37.8 Å². The summed E-state index contributed by atoms with van der Waals surface area (Å²) in [6.07, 6.45) is 2.57. The molecule has 0 N–H and O–H groups in total. The van der Waals surface area contributed by atoms with Gasteiger partial charge in [-0.25, -0.2) is 4.98 Å². The maximum atomic E-state index is 12.8. The van der Waals surface area contributed by atoms with E-state index in [2.05, 4.69) is 14.9 Å². The minimum Gasteiger partial charge on any atom is -0.355 e. The highest BCUT2D eigenvalue weighted by molar-refractivity contribution is 6.08. The van der Waals surface area contributed by atoms with Crippen LogP contribution < -0.4 is 4.90 Å². The Hall–Kier alpha value is -2.76. The van der Waals surface area contributed by atoms with E-state index in [-0.39, 0.29) is 19.0 Å². The molecule has 3 heterocycles. The van der Waals surface area contributed by atoms with Crippen LogP contribution in [-0.2, 0) is 4.79 Å². The highest BCUT2D eigenvalue weighted by atomic mass is 16.2. The third-order valence-corrected chi connectivity index (χ3v) is 4.84. The average Bonchev–Trinajstić information content (AvgIpc) is 2.93. The number of ketones is 1. The summed E-state index contributed by atoms with van der Waals surface area (Å²) in [5.74, 6) is 0.870. The number of pyridine rings is 2. The molecule has 27 heavy (non-hydrogen) atoms. The summed E-state index contributed by atoms with van der Waals surface area (Å²) in [6, 6.07) is 9.07. The molecule has 144 valence electrons. The first-order chi connectivity index (χ1) is 13.0. The Balaban J connectivity index is 0.00000280. The molecular weight excluding hydrogens is 340 g/mol.